The summed E-state index contributed by atoms with van der Waals surface area (Å²) in [6.07, 6.45) is 1.33. The summed E-state index contributed by atoms with van der Waals surface area (Å²) in [6, 6.07) is 6.65. The van der Waals surface area contributed by atoms with Gasteiger partial charge in [-0.05, 0) is 25.1 Å². The number of aliphatic imine (C=N–C) groups is 1. The Balaban J connectivity index is 1.95. The van der Waals surface area contributed by atoms with Crippen LogP contribution in [0.25, 0.3) is 11.5 Å². The van der Waals surface area contributed by atoms with Crippen LogP contribution < -0.4 is 4.74 Å². The Hall–Kier alpha value is -2.80. The first-order valence-corrected chi connectivity index (χ1v) is 6.95. The molecule has 0 radical (unpaired) electrons. The molecule has 0 unspecified atom stereocenters. The predicted molar refractivity (Wildman–Crippen MR) is 83.7 cm³/mol. The third-order valence-electron chi connectivity index (χ3n) is 2.96. The third kappa shape index (κ3) is 3.19. The second kappa shape index (κ2) is 6.13. The molecule has 0 aliphatic heterocycles. The first kappa shape index (κ1) is 15.1. The van der Waals surface area contributed by atoms with E-state index in [1.807, 2.05) is 0 Å². The first-order valence-electron chi connectivity index (χ1n) is 6.58. The van der Waals surface area contributed by atoms with Gasteiger partial charge in [0.15, 0.2) is 11.5 Å². The lowest BCUT2D eigenvalue weighted by Gasteiger charge is -2.04. The molecule has 1 aromatic carbocycles. The maximum atomic E-state index is 9.87. The molecule has 0 aliphatic rings. The molecular formula is C15H12ClN3O4. The van der Waals surface area contributed by atoms with E-state index in [1.165, 1.54) is 13.3 Å². The molecule has 0 aliphatic carbocycles. The van der Waals surface area contributed by atoms with E-state index < -0.39 is 0 Å². The number of benzene rings is 1. The number of hydrogen-bond acceptors (Lipinski definition) is 7. The van der Waals surface area contributed by atoms with Gasteiger partial charge in [-0.2, -0.15) is 0 Å². The lowest BCUT2D eigenvalue weighted by Crippen LogP contribution is -1.88. The molecule has 0 bridgehead atoms. The lowest BCUT2D eigenvalue weighted by molar-refractivity contribution is 0.336. The number of halogens is 1. The molecule has 1 N–H and O–H groups in total. The van der Waals surface area contributed by atoms with Crippen LogP contribution in [0.2, 0.25) is 5.02 Å². The molecule has 2 heterocycles. The summed E-state index contributed by atoms with van der Waals surface area (Å²) in [5, 5.41) is 14.1. The van der Waals surface area contributed by atoms with Gasteiger partial charge in [0, 0.05) is 11.1 Å². The summed E-state index contributed by atoms with van der Waals surface area (Å²) in [6.45, 7) is 1.75. The molecule has 0 spiro atoms. The summed E-state index contributed by atoms with van der Waals surface area (Å²) in [4.78, 5) is 8.24. The number of nitrogens with zero attached hydrogens (tertiary/aromatic N) is 3. The average Bonchev–Trinajstić information content (AvgIpc) is 3.11. The van der Waals surface area contributed by atoms with Gasteiger partial charge in [0.25, 0.3) is 0 Å². The van der Waals surface area contributed by atoms with E-state index in [0.29, 0.717) is 27.9 Å². The molecule has 0 saturated carbocycles. The number of rotatable bonds is 4. The van der Waals surface area contributed by atoms with E-state index in [2.05, 4.69) is 15.1 Å². The van der Waals surface area contributed by atoms with Crippen LogP contribution >= 0.6 is 11.6 Å². The van der Waals surface area contributed by atoms with Gasteiger partial charge in [0.1, 0.15) is 11.5 Å². The van der Waals surface area contributed by atoms with Gasteiger partial charge in [-0.25, -0.2) is 9.98 Å². The van der Waals surface area contributed by atoms with Gasteiger partial charge in [-0.1, -0.05) is 16.8 Å². The van der Waals surface area contributed by atoms with Crippen molar-refractivity contribution in [2.45, 2.75) is 6.92 Å². The summed E-state index contributed by atoms with van der Waals surface area (Å²) >= 11 is 5.98. The average molecular weight is 334 g/mol. The summed E-state index contributed by atoms with van der Waals surface area (Å²) < 4.78 is 15.4. The maximum absolute atomic E-state index is 9.87. The Morgan fingerprint density at radius 2 is 2.17 bits per heavy atom. The zero-order chi connectivity index (χ0) is 16.4. The SMILES string of the molecule is COc1ccc(Cl)cc1-c1nc(C=Nc2cc(C)on2)c(O)o1. The molecule has 0 amide bonds. The smallest absolute Gasteiger partial charge is 0.312 e. The van der Waals surface area contributed by atoms with Crippen LogP contribution in [-0.4, -0.2) is 28.6 Å². The zero-order valence-corrected chi connectivity index (χ0v) is 13.0. The van der Waals surface area contributed by atoms with Gasteiger partial charge in [-0.3, -0.25) is 0 Å². The number of ether oxygens (including phenoxy) is 1. The van der Waals surface area contributed by atoms with Crippen molar-refractivity contribution < 1.29 is 18.8 Å². The molecule has 8 heteroatoms. The fraction of sp³-hybridized carbons (Fsp3) is 0.133. The molecule has 7 nitrogen and oxygen atoms in total. The van der Waals surface area contributed by atoms with Gasteiger partial charge in [-0.15, -0.1) is 0 Å². The van der Waals surface area contributed by atoms with Crippen molar-refractivity contribution in [1.82, 2.24) is 10.1 Å². The Bertz CT molecular complexity index is 869. The predicted octanol–water partition coefficient (Wildman–Crippen LogP) is 3.76. The van der Waals surface area contributed by atoms with E-state index in [9.17, 15) is 5.11 Å². The standard InChI is InChI=1S/C15H12ClN3O4/c1-8-5-13(19-23-8)17-7-11-15(20)22-14(18-11)10-6-9(16)3-4-12(10)21-2/h3-7,20H,1-2H3. The highest BCUT2D eigenvalue weighted by atomic mass is 35.5. The van der Waals surface area contributed by atoms with E-state index in [-0.39, 0.29) is 17.5 Å². The van der Waals surface area contributed by atoms with Crippen LogP contribution in [0.4, 0.5) is 5.82 Å². The van der Waals surface area contributed by atoms with Crippen molar-refractivity contribution >= 4 is 23.6 Å². The maximum Gasteiger partial charge on any atom is 0.312 e. The highest BCUT2D eigenvalue weighted by Crippen LogP contribution is 2.34. The third-order valence-corrected chi connectivity index (χ3v) is 3.20. The van der Waals surface area contributed by atoms with Crippen molar-refractivity contribution in [3.8, 4) is 23.1 Å². The normalized spacial score (nSPS) is 11.3. The van der Waals surface area contributed by atoms with Gasteiger partial charge in [0.05, 0.1) is 18.9 Å². The van der Waals surface area contributed by atoms with Crippen molar-refractivity contribution in [1.29, 1.82) is 0 Å². The molecule has 3 rings (SSSR count). The van der Waals surface area contributed by atoms with Crippen molar-refractivity contribution in [2.24, 2.45) is 4.99 Å². The van der Waals surface area contributed by atoms with E-state index in [1.54, 1.807) is 31.2 Å². The lowest BCUT2D eigenvalue weighted by atomic mass is 10.2. The van der Waals surface area contributed by atoms with Crippen LogP contribution in [0.3, 0.4) is 0 Å². The number of aryl methyl sites for hydroxylation is 1. The molecule has 3 aromatic rings. The summed E-state index contributed by atoms with van der Waals surface area (Å²) in [7, 11) is 1.52. The zero-order valence-electron chi connectivity index (χ0n) is 12.3. The van der Waals surface area contributed by atoms with E-state index in [4.69, 9.17) is 25.3 Å². The van der Waals surface area contributed by atoms with Gasteiger partial charge >= 0.3 is 5.95 Å². The Kier molecular flexibility index (Phi) is 4.03. The Labute approximate surface area is 136 Å². The van der Waals surface area contributed by atoms with E-state index in [0.717, 1.165) is 0 Å². The highest BCUT2D eigenvalue weighted by Gasteiger charge is 2.16. The fourth-order valence-electron chi connectivity index (χ4n) is 1.91. The minimum Gasteiger partial charge on any atom is -0.496 e. The second-order valence-electron chi connectivity index (χ2n) is 4.61. The largest absolute Gasteiger partial charge is 0.496 e. The molecule has 2 aromatic heterocycles. The number of aromatic nitrogens is 2. The van der Waals surface area contributed by atoms with Crippen LogP contribution in [0.5, 0.6) is 11.7 Å². The Morgan fingerprint density at radius 3 is 2.87 bits per heavy atom. The topological polar surface area (TPSA) is 93.9 Å². The van der Waals surface area contributed by atoms with Gasteiger partial charge in [0.2, 0.25) is 5.89 Å². The first-order chi connectivity index (χ1) is 11.1. The number of hydrogen-bond donors (Lipinski definition) is 1. The molecule has 0 atom stereocenters. The molecule has 0 saturated heterocycles. The Morgan fingerprint density at radius 1 is 1.35 bits per heavy atom. The van der Waals surface area contributed by atoms with Crippen LogP contribution in [0, 0.1) is 6.92 Å². The van der Waals surface area contributed by atoms with Crippen molar-refractivity contribution in [3.05, 3.63) is 40.7 Å². The van der Waals surface area contributed by atoms with Crippen LogP contribution in [0.1, 0.15) is 11.5 Å². The van der Waals surface area contributed by atoms with E-state index >= 15 is 0 Å². The van der Waals surface area contributed by atoms with Crippen molar-refractivity contribution in [2.75, 3.05) is 7.11 Å². The number of aromatic hydroxyl groups is 1. The highest BCUT2D eigenvalue weighted by molar-refractivity contribution is 6.30. The summed E-state index contributed by atoms with van der Waals surface area (Å²) in [5.41, 5.74) is 0.676. The van der Waals surface area contributed by atoms with Crippen LogP contribution in [-0.2, 0) is 0 Å². The summed E-state index contributed by atoms with van der Waals surface area (Å²) in [5.74, 6) is 1.31. The quantitative estimate of drug-likeness (QED) is 0.730. The minimum atomic E-state index is -0.369. The second-order valence-corrected chi connectivity index (χ2v) is 5.04. The van der Waals surface area contributed by atoms with Crippen LogP contribution in [0.15, 0.2) is 38.2 Å². The molecular weight excluding hydrogens is 322 g/mol. The number of oxazole rings is 1. The fourth-order valence-corrected chi connectivity index (χ4v) is 2.08. The number of methoxy groups -OCH3 is 1. The molecule has 118 valence electrons. The van der Waals surface area contributed by atoms with Gasteiger partial charge < -0.3 is 18.8 Å². The monoisotopic (exact) mass is 333 g/mol. The minimum absolute atomic E-state index is 0.155. The molecule has 23 heavy (non-hydrogen) atoms. The molecule has 0 fully saturated rings. The van der Waals surface area contributed by atoms with Crippen molar-refractivity contribution in [3.63, 3.8) is 0 Å².